The molecule has 0 saturated heterocycles. The van der Waals surface area contributed by atoms with Crippen LogP contribution >= 0.6 is 0 Å². The summed E-state index contributed by atoms with van der Waals surface area (Å²) in [5.74, 6) is 0.167. The fourth-order valence-electron chi connectivity index (χ4n) is 1.42. The minimum atomic E-state index is 0.167. The first kappa shape index (κ1) is 9.79. The van der Waals surface area contributed by atoms with E-state index in [0.717, 1.165) is 0 Å². The quantitative estimate of drug-likeness (QED) is 0.608. The highest BCUT2D eigenvalue weighted by Gasteiger charge is 2.05. The van der Waals surface area contributed by atoms with Gasteiger partial charge in [0.1, 0.15) is 0 Å². The van der Waals surface area contributed by atoms with Crippen molar-refractivity contribution < 1.29 is 0 Å². The van der Waals surface area contributed by atoms with Crippen molar-refractivity contribution in [3.63, 3.8) is 0 Å². The van der Waals surface area contributed by atoms with Gasteiger partial charge in [0.15, 0.2) is 0 Å². The molecule has 0 aliphatic heterocycles. The van der Waals surface area contributed by atoms with Gasteiger partial charge in [-0.15, -0.1) is 6.58 Å². The van der Waals surface area contributed by atoms with Gasteiger partial charge in [-0.1, -0.05) is 36.9 Å². The average molecular weight is 171 g/mol. The van der Waals surface area contributed by atoms with E-state index in [1.807, 2.05) is 18.2 Å². The van der Waals surface area contributed by atoms with Crippen LogP contribution in [0.1, 0.15) is 22.6 Å². The summed E-state index contributed by atoms with van der Waals surface area (Å²) in [5.41, 5.74) is 3.65. The number of hydrogen-bond acceptors (Lipinski definition) is 0. The molecule has 0 nitrogen and oxygen atoms in total. The molecule has 0 N–H and O–H groups in total. The summed E-state index contributed by atoms with van der Waals surface area (Å²) in [7, 11) is 0. The highest BCUT2D eigenvalue weighted by Crippen LogP contribution is 2.23. The fourth-order valence-corrected chi connectivity index (χ4v) is 1.42. The Hall–Kier alpha value is -1.30. The zero-order valence-corrected chi connectivity index (χ0v) is 8.09. The van der Waals surface area contributed by atoms with E-state index in [0.29, 0.717) is 0 Å². The van der Waals surface area contributed by atoms with Gasteiger partial charge in [-0.2, -0.15) is 0 Å². The van der Waals surface area contributed by atoms with Crippen molar-refractivity contribution in [3.8, 4) is 0 Å². The summed E-state index contributed by atoms with van der Waals surface area (Å²) in [4.78, 5) is 0. The van der Waals surface area contributed by atoms with E-state index in [2.05, 4.69) is 39.1 Å². The lowest BCUT2D eigenvalue weighted by molar-refractivity contribution is 1.06. The van der Waals surface area contributed by atoms with E-state index in [1.54, 1.807) is 0 Å². The van der Waals surface area contributed by atoms with E-state index in [1.165, 1.54) is 16.7 Å². The first-order valence-corrected chi connectivity index (χ1v) is 4.38. The third-order valence-corrected chi connectivity index (χ3v) is 2.32. The summed E-state index contributed by atoms with van der Waals surface area (Å²) >= 11 is 0. The molecule has 0 heteroatoms. The Bertz CT molecular complexity index is 321. The molecular formula is C13H15. The van der Waals surface area contributed by atoms with E-state index in [4.69, 9.17) is 0 Å². The minimum absolute atomic E-state index is 0.167. The highest BCUT2D eigenvalue weighted by molar-refractivity contribution is 5.55. The minimum Gasteiger partial charge on any atom is -0.102 e. The largest absolute Gasteiger partial charge is 0.102 e. The van der Waals surface area contributed by atoms with E-state index in [-0.39, 0.29) is 5.92 Å². The van der Waals surface area contributed by atoms with Crippen LogP contribution in [0.15, 0.2) is 37.4 Å². The Balaban J connectivity index is 3.22. The molecule has 67 valence electrons. The number of allylic oxidation sites excluding steroid dienone is 1. The number of hydrogen-bond donors (Lipinski definition) is 0. The van der Waals surface area contributed by atoms with Crippen molar-refractivity contribution in [2.24, 2.45) is 0 Å². The SMILES string of the molecule is [CH2]C(C=C)c1cccc(C=C)c1C. The molecule has 0 fully saturated rings. The topological polar surface area (TPSA) is 0 Å². The third-order valence-electron chi connectivity index (χ3n) is 2.32. The molecule has 0 aromatic heterocycles. The van der Waals surface area contributed by atoms with Crippen LogP contribution in [0.5, 0.6) is 0 Å². The average Bonchev–Trinajstić information content (AvgIpc) is 2.17. The van der Waals surface area contributed by atoms with Gasteiger partial charge in [0.2, 0.25) is 0 Å². The molecule has 0 spiro atoms. The van der Waals surface area contributed by atoms with Crippen molar-refractivity contribution in [1.29, 1.82) is 0 Å². The molecule has 1 rings (SSSR count). The highest BCUT2D eigenvalue weighted by atomic mass is 14.1. The predicted octanol–water partition coefficient (Wildman–Crippen LogP) is 3.74. The molecule has 1 atom stereocenters. The first-order chi connectivity index (χ1) is 6.20. The van der Waals surface area contributed by atoms with Crippen molar-refractivity contribution in [3.05, 3.63) is 61.0 Å². The van der Waals surface area contributed by atoms with Crippen molar-refractivity contribution in [2.45, 2.75) is 12.8 Å². The van der Waals surface area contributed by atoms with Crippen LogP contribution < -0.4 is 0 Å². The molecule has 1 aromatic rings. The second kappa shape index (κ2) is 4.08. The smallest absolute Gasteiger partial charge is 0.00184 e. The van der Waals surface area contributed by atoms with Crippen LogP contribution in [0, 0.1) is 13.8 Å². The van der Waals surface area contributed by atoms with Crippen molar-refractivity contribution in [2.75, 3.05) is 0 Å². The standard InChI is InChI=1S/C13H15/c1-5-10(3)13-9-7-8-12(6-2)11(13)4/h5-10H,1-3H2,4H3. The maximum Gasteiger partial charge on any atom is 0.00184 e. The monoisotopic (exact) mass is 171 g/mol. The van der Waals surface area contributed by atoms with Crippen LogP contribution in [0.25, 0.3) is 6.08 Å². The number of benzene rings is 1. The Morgan fingerprint density at radius 3 is 2.54 bits per heavy atom. The second-order valence-electron chi connectivity index (χ2n) is 3.11. The maximum atomic E-state index is 4.01. The van der Waals surface area contributed by atoms with E-state index in [9.17, 15) is 0 Å². The lowest BCUT2D eigenvalue weighted by Crippen LogP contribution is -1.94. The molecule has 0 bridgehead atoms. The molecule has 13 heavy (non-hydrogen) atoms. The Labute approximate surface area is 80.6 Å². The van der Waals surface area contributed by atoms with Gasteiger partial charge in [0.25, 0.3) is 0 Å². The number of rotatable bonds is 3. The molecule has 0 saturated carbocycles. The third kappa shape index (κ3) is 1.89. The maximum absolute atomic E-state index is 4.01. The predicted molar refractivity (Wildman–Crippen MR) is 59.6 cm³/mol. The van der Waals surface area contributed by atoms with Gasteiger partial charge in [0.05, 0.1) is 0 Å². The van der Waals surface area contributed by atoms with E-state index < -0.39 is 0 Å². The van der Waals surface area contributed by atoms with Gasteiger partial charge >= 0.3 is 0 Å². The lowest BCUT2D eigenvalue weighted by atomic mass is 9.93. The zero-order chi connectivity index (χ0) is 9.84. The fraction of sp³-hybridized carbons (Fsp3) is 0.154. The Morgan fingerprint density at radius 1 is 1.31 bits per heavy atom. The molecule has 1 radical (unpaired) electrons. The Morgan fingerprint density at radius 2 is 2.00 bits per heavy atom. The molecule has 1 aromatic carbocycles. The molecule has 0 aliphatic carbocycles. The summed E-state index contributed by atoms with van der Waals surface area (Å²) in [6.45, 7) is 13.6. The van der Waals surface area contributed by atoms with Crippen LogP contribution in [0.4, 0.5) is 0 Å². The van der Waals surface area contributed by atoms with Crippen LogP contribution in [0.2, 0.25) is 0 Å². The lowest BCUT2D eigenvalue weighted by Gasteiger charge is -2.12. The van der Waals surface area contributed by atoms with Crippen LogP contribution in [0.3, 0.4) is 0 Å². The van der Waals surface area contributed by atoms with Crippen molar-refractivity contribution >= 4 is 6.08 Å². The van der Waals surface area contributed by atoms with Gasteiger partial charge < -0.3 is 0 Å². The van der Waals surface area contributed by atoms with Crippen molar-refractivity contribution in [1.82, 2.24) is 0 Å². The Kier molecular flexibility index (Phi) is 3.07. The zero-order valence-electron chi connectivity index (χ0n) is 8.09. The van der Waals surface area contributed by atoms with Gasteiger partial charge in [-0.05, 0) is 30.5 Å². The summed E-state index contributed by atoms with van der Waals surface area (Å²) in [5, 5.41) is 0. The summed E-state index contributed by atoms with van der Waals surface area (Å²) < 4.78 is 0. The van der Waals surface area contributed by atoms with E-state index >= 15 is 0 Å². The molecule has 0 amide bonds. The van der Waals surface area contributed by atoms with Crippen LogP contribution in [-0.2, 0) is 0 Å². The van der Waals surface area contributed by atoms with Gasteiger partial charge in [0, 0.05) is 5.92 Å². The summed E-state index contributed by atoms with van der Waals surface area (Å²) in [6.07, 6.45) is 3.73. The molecule has 0 aliphatic rings. The van der Waals surface area contributed by atoms with Gasteiger partial charge in [-0.25, -0.2) is 0 Å². The molecule has 0 heterocycles. The van der Waals surface area contributed by atoms with Crippen LogP contribution in [-0.4, -0.2) is 0 Å². The second-order valence-corrected chi connectivity index (χ2v) is 3.11. The summed E-state index contributed by atoms with van der Waals surface area (Å²) in [6, 6.07) is 6.17. The molecule has 1 unspecified atom stereocenters. The van der Waals surface area contributed by atoms with Gasteiger partial charge in [-0.3, -0.25) is 0 Å². The molecular weight excluding hydrogens is 156 g/mol. The first-order valence-electron chi connectivity index (χ1n) is 4.38. The normalized spacial score (nSPS) is 12.2.